The Morgan fingerprint density at radius 3 is 2.48 bits per heavy atom. The van der Waals surface area contributed by atoms with Crippen LogP contribution in [0.3, 0.4) is 0 Å². The molecule has 1 amide bonds. The van der Waals surface area contributed by atoms with Crippen molar-refractivity contribution in [1.82, 2.24) is 4.90 Å². The van der Waals surface area contributed by atoms with E-state index >= 15 is 0 Å². The van der Waals surface area contributed by atoms with E-state index in [1.54, 1.807) is 24.9 Å². The van der Waals surface area contributed by atoms with E-state index < -0.39 is 11.7 Å². The molecule has 1 unspecified atom stereocenters. The summed E-state index contributed by atoms with van der Waals surface area (Å²) in [5.41, 5.74) is 1.39. The van der Waals surface area contributed by atoms with Crippen LogP contribution in [0.25, 0.3) is 11.0 Å². The lowest BCUT2D eigenvalue weighted by Gasteiger charge is -2.37. The number of rotatable bonds is 2. The summed E-state index contributed by atoms with van der Waals surface area (Å²) in [4.78, 5) is 28.0. The molecule has 0 aliphatic carbocycles. The van der Waals surface area contributed by atoms with Crippen molar-refractivity contribution in [2.75, 3.05) is 31.6 Å². The number of anilines is 1. The van der Waals surface area contributed by atoms with Crippen molar-refractivity contribution in [2.45, 2.75) is 38.4 Å². The topological polar surface area (TPSA) is 83.2 Å². The van der Waals surface area contributed by atoms with Gasteiger partial charge < -0.3 is 24.1 Å². The lowest BCUT2D eigenvalue weighted by Crippen LogP contribution is -2.46. The number of hydrogen-bond donors (Lipinski definition) is 1. The highest BCUT2D eigenvalue weighted by molar-refractivity contribution is 5.82. The molecule has 2 fully saturated rings. The van der Waals surface area contributed by atoms with Gasteiger partial charge in [-0.2, -0.15) is 0 Å². The van der Waals surface area contributed by atoms with Crippen molar-refractivity contribution < 1.29 is 19.1 Å². The second-order valence-electron chi connectivity index (χ2n) is 7.75. The number of benzene rings is 1. The van der Waals surface area contributed by atoms with Crippen LogP contribution < -0.4 is 10.3 Å². The van der Waals surface area contributed by atoms with E-state index in [9.17, 15) is 14.7 Å². The van der Waals surface area contributed by atoms with Crippen LogP contribution in [0.5, 0.6) is 0 Å². The first-order valence-electron chi connectivity index (χ1n) is 9.23. The summed E-state index contributed by atoms with van der Waals surface area (Å²) in [6, 6.07) is 5.15. The van der Waals surface area contributed by atoms with Crippen molar-refractivity contribution in [2.24, 2.45) is 0 Å². The zero-order valence-corrected chi connectivity index (χ0v) is 15.8. The SMILES string of the molecule is Cc1cc(C(C)O)c2oc(N3CCC4(CC3)CN(C)C(=O)O4)cc(=O)c2c1. The second-order valence-corrected chi connectivity index (χ2v) is 7.75. The maximum atomic E-state index is 12.7. The number of aliphatic hydroxyl groups excluding tert-OH is 1. The maximum absolute atomic E-state index is 12.7. The number of fused-ring (bicyclic) bond motifs is 1. The lowest BCUT2D eigenvalue weighted by atomic mass is 9.91. The number of piperidine rings is 1. The Kier molecular flexibility index (Phi) is 4.14. The molecule has 144 valence electrons. The number of aryl methyl sites for hydroxylation is 1. The summed E-state index contributed by atoms with van der Waals surface area (Å²) in [5, 5.41) is 10.6. The number of likely N-dealkylation sites (N-methyl/N-ethyl adjacent to an activating group) is 1. The van der Waals surface area contributed by atoms with Gasteiger partial charge in [0.2, 0.25) is 0 Å². The first-order chi connectivity index (χ1) is 12.8. The molecule has 1 N–H and O–H groups in total. The maximum Gasteiger partial charge on any atom is 0.410 e. The van der Waals surface area contributed by atoms with Crippen molar-refractivity contribution in [1.29, 1.82) is 0 Å². The Morgan fingerprint density at radius 2 is 1.89 bits per heavy atom. The normalized spacial score (nSPS) is 20.4. The van der Waals surface area contributed by atoms with Crippen LogP contribution in [0.15, 0.2) is 27.4 Å². The molecule has 0 radical (unpaired) electrons. The molecule has 2 saturated heterocycles. The van der Waals surface area contributed by atoms with E-state index in [0.717, 1.165) is 5.56 Å². The monoisotopic (exact) mass is 372 g/mol. The summed E-state index contributed by atoms with van der Waals surface area (Å²) < 4.78 is 11.6. The van der Waals surface area contributed by atoms with Gasteiger partial charge in [0.1, 0.15) is 11.2 Å². The van der Waals surface area contributed by atoms with Crippen LogP contribution in [0.4, 0.5) is 10.7 Å². The number of carbonyl (C=O) groups is 1. The molecule has 1 aromatic heterocycles. The quantitative estimate of drug-likeness (QED) is 0.872. The van der Waals surface area contributed by atoms with Crippen molar-refractivity contribution in [3.8, 4) is 0 Å². The summed E-state index contributed by atoms with van der Waals surface area (Å²) in [6.07, 6.45) is 0.353. The molecule has 1 aromatic carbocycles. The molecule has 7 heteroatoms. The molecular weight excluding hydrogens is 348 g/mol. The molecule has 0 bridgehead atoms. The lowest BCUT2D eigenvalue weighted by molar-refractivity contribution is 0.0361. The van der Waals surface area contributed by atoms with Gasteiger partial charge in [-0.15, -0.1) is 0 Å². The Hall–Kier alpha value is -2.54. The Balaban J connectivity index is 1.66. The van der Waals surface area contributed by atoms with Crippen LogP contribution in [0, 0.1) is 6.92 Å². The van der Waals surface area contributed by atoms with Crippen molar-refractivity contribution in [3.05, 3.63) is 39.5 Å². The molecule has 1 atom stereocenters. The Bertz CT molecular complexity index is 957. The van der Waals surface area contributed by atoms with Crippen LogP contribution in [0.2, 0.25) is 0 Å². The van der Waals surface area contributed by atoms with Crippen LogP contribution >= 0.6 is 0 Å². The third kappa shape index (κ3) is 3.06. The molecular formula is C20H24N2O5. The fourth-order valence-corrected chi connectivity index (χ4v) is 4.08. The fourth-order valence-electron chi connectivity index (χ4n) is 4.08. The van der Waals surface area contributed by atoms with Gasteiger partial charge in [-0.1, -0.05) is 0 Å². The molecule has 7 nitrogen and oxygen atoms in total. The Labute approximate surface area is 157 Å². The minimum atomic E-state index is -0.733. The fraction of sp³-hybridized carbons (Fsp3) is 0.500. The third-order valence-corrected chi connectivity index (χ3v) is 5.57. The molecule has 27 heavy (non-hydrogen) atoms. The van der Waals surface area contributed by atoms with Gasteiger partial charge in [0, 0.05) is 44.6 Å². The van der Waals surface area contributed by atoms with Crippen LogP contribution in [-0.4, -0.2) is 48.4 Å². The highest BCUT2D eigenvalue weighted by atomic mass is 16.6. The van der Waals surface area contributed by atoms with Crippen molar-refractivity contribution in [3.63, 3.8) is 0 Å². The summed E-state index contributed by atoms with van der Waals surface area (Å²) in [6.45, 7) is 5.41. The minimum Gasteiger partial charge on any atom is -0.441 e. The van der Waals surface area contributed by atoms with Gasteiger partial charge in [0.05, 0.1) is 18.0 Å². The summed E-state index contributed by atoms with van der Waals surface area (Å²) in [7, 11) is 1.74. The highest BCUT2D eigenvalue weighted by Gasteiger charge is 2.46. The number of nitrogens with zero attached hydrogens (tertiary/aromatic N) is 2. The first-order valence-corrected chi connectivity index (χ1v) is 9.23. The Morgan fingerprint density at radius 1 is 1.19 bits per heavy atom. The average molecular weight is 372 g/mol. The number of aliphatic hydroxyl groups is 1. The van der Waals surface area contributed by atoms with Gasteiger partial charge >= 0.3 is 6.09 Å². The number of carbonyl (C=O) groups excluding carboxylic acids is 1. The molecule has 0 saturated carbocycles. The van der Waals surface area contributed by atoms with Crippen molar-refractivity contribution >= 4 is 22.9 Å². The smallest absolute Gasteiger partial charge is 0.410 e. The van der Waals surface area contributed by atoms with E-state index in [1.165, 1.54) is 6.07 Å². The summed E-state index contributed by atoms with van der Waals surface area (Å²) in [5.74, 6) is 0.491. The average Bonchev–Trinajstić information content (AvgIpc) is 2.88. The molecule has 1 spiro atoms. The van der Waals surface area contributed by atoms with Gasteiger partial charge in [-0.25, -0.2) is 4.79 Å². The largest absolute Gasteiger partial charge is 0.441 e. The van der Waals surface area contributed by atoms with Gasteiger partial charge in [-0.3, -0.25) is 4.79 Å². The highest BCUT2D eigenvalue weighted by Crippen LogP contribution is 2.35. The molecule has 2 aliphatic heterocycles. The summed E-state index contributed by atoms with van der Waals surface area (Å²) >= 11 is 0. The minimum absolute atomic E-state index is 0.121. The van der Waals surface area contributed by atoms with Gasteiger partial charge in [-0.05, 0) is 31.5 Å². The molecule has 2 aromatic rings. The predicted molar refractivity (Wildman–Crippen MR) is 101 cm³/mol. The van der Waals surface area contributed by atoms with E-state index in [1.807, 2.05) is 17.9 Å². The van der Waals surface area contributed by atoms with Crippen LogP contribution in [0.1, 0.15) is 37.0 Å². The van der Waals surface area contributed by atoms with Crippen LogP contribution in [-0.2, 0) is 4.74 Å². The van der Waals surface area contributed by atoms with E-state index in [2.05, 4.69) is 0 Å². The standard InChI is InChI=1S/C20H24N2O5/c1-12-8-14(13(2)23)18-15(9-12)16(24)10-17(26-18)22-6-4-20(5-7-22)11-21(3)19(25)27-20/h8-10,13,23H,4-7,11H2,1-3H3. The number of amides is 1. The zero-order valence-electron chi connectivity index (χ0n) is 15.8. The van der Waals surface area contributed by atoms with Gasteiger partial charge in [0.25, 0.3) is 0 Å². The first kappa shape index (κ1) is 17.9. The molecule has 2 aliphatic rings. The van der Waals surface area contributed by atoms with E-state index in [-0.39, 0.29) is 11.5 Å². The van der Waals surface area contributed by atoms with E-state index in [4.69, 9.17) is 9.15 Å². The number of ether oxygens (including phenoxy) is 1. The zero-order chi connectivity index (χ0) is 19.3. The molecule has 4 rings (SSSR count). The third-order valence-electron chi connectivity index (χ3n) is 5.57. The van der Waals surface area contributed by atoms with E-state index in [0.29, 0.717) is 54.9 Å². The number of hydrogen-bond acceptors (Lipinski definition) is 6. The molecule has 3 heterocycles. The van der Waals surface area contributed by atoms with Gasteiger partial charge in [0.15, 0.2) is 11.3 Å². The second kappa shape index (κ2) is 6.27. The predicted octanol–water partition coefficient (Wildman–Crippen LogP) is 2.58.